The number of hydrogen-bond donors (Lipinski definition) is 3. The van der Waals surface area contributed by atoms with E-state index in [9.17, 15) is 18.0 Å². The second kappa shape index (κ2) is 9.94. The first kappa shape index (κ1) is 24.3. The average molecular weight is 504 g/mol. The van der Waals surface area contributed by atoms with Crippen LogP contribution < -0.4 is 21.3 Å². The van der Waals surface area contributed by atoms with Crippen molar-refractivity contribution in [1.29, 1.82) is 0 Å². The number of nitrogens with one attached hydrogen (secondary N) is 2. The largest absolute Gasteiger partial charge is 0.418 e. The highest BCUT2D eigenvalue weighted by Crippen LogP contribution is 2.38. The Hall–Kier alpha value is -3.38. The van der Waals surface area contributed by atoms with Crippen LogP contribution in [0.15, 0.2) is 36.7 Å². The maximum absolute atomic E-state index is 14.0. The monoisotopic (exact) mass is 503 g/mol. The molecule has 12 heteroatoms. The lowest BCUT2D eigenvalue weighted by Gasteiger charge is -2.30. The van der Waals surface area contributed by atoms with Gasteiger partial charge in [0.1, 0.15) is 5.56 Å². The Bertz CT molecular complexity index is 1240. The standard InChI is InChI=1S/C24H28F3N7O2/c25-24(26,27)16-14-15(33-10-12-36-13-11-33)6-7-18(16)31-23(35)20-21(30-19-5-2-1-4-17(19)28)32-34-9-3-8-29-22(20)34/h3,6-9,14,17,19H,1-2,4-5,10-13,28H2,(H,30,32)(H,31,35). The highest BCUT2D eigenvalue weighted by Gasteiger charge is 2.36. The minimum Gasteiger partial charge on any atom is -0.378 e. The van der Waals surface area contributed by atoms with E-state index in [1.165, 1.54) is 16.8 Å². The van der Waals surface area contributed by atoms with Crippen LogP contribution in [0, 0.1) is 0 Å². The third-order valence-electron chi connectivity index (χ3n) is 6.70. The summed E-state index contributed by atoms with van der Waals surface area (Å²) < 4.78 is 48.8. The van der Waals surface area contributed by atoms with Crippen molar-refractivity contribution in [2.75, 3.05) is 41.8 Å². The summed E-state index contributed by atoms with van der Waals surface area (Å²) >= 11 is 0. The Balaban J connectivity index is 1.47. The average Bonchev–Trinajstić information content (AvgIpc) is 3.23. The minimum atomic E-state index is -4.67. The van der Waals surface area contributed by atoms with E-state index in [0.717, 1.165) is 31.7 Å². The molecule has 192 valence electrons. The fourth-order valence-electron chi connectivity index (χ4n) is 4.79. The number of carbonyl (C=O) groups excluding carboxylic acids is 1. The van der Waals surface area contributed by atoms with Gasteiger partial charge in [-0.25, -0.2) is 9.50 Å². The van der Waals surface area contributed by atoms with Crippen LogP contribution in [0.25, 0.3) is 5.65 Å². The van der Waals surface area contributed by atoms with Gasteiger partial charge in [0.25, 0.3) is 5.91 Å². The lowest BCUT2D eigenvalue weighted by atomic mass is 9.91. The van der Waals surface area contributed by atoms with Crippen LogP contribution in [0.3, 0.4) is 0 Å². The van der Waals surface area contributed by atoms with E-state index in [0.29, 0.717) is 32.0 Å². The van der Waals surface area contributed by atoms with E-state index >= 15 is 0 Å². The molecular formula is C24H28F3N7O2. The Morgan fingerprint density at radius 1 is 1.17 bits per heavy atom. The summed E-state index contributed by atoms with van der Waals surface area (Å²) in [5.74, 6) is -0.493. The summed E-state index contributed by atoms with van der Waals surface area (Å²) in [5.41, 5.74) is 5.74. The molecule has 2 fully saturated rings. The SMILES string of the molecule is NC1CCCCC1Nc1nn2cccnc2c1C(=O)Nc1ccc(N2CCOCC2)cc1C(F)(F)F. The molecule has 1 aliphatic heterocycles. The van der Waals surface area contributed by atoms with Gasteiger partial charge in [-0.15, -0.1) is 5.10 Å². The number of fused-ring (bicyclic) bond motifs is 1. The first-order valence-corrected chi connectivity index (χ1v) is 12.0. The van der Waals surface area contributed by atoms with Gasteiger partial charge in [-0.3, -0.25) is 4.79 Å². The molecule has 0 spiro atoms. The fourth-order valence-corrected chi connectivity index (χ4v) is 4.79. The van der Waals surface area contributed by atoms with E-state index in [1.54, 1.807) is 18.3 Å². The van der Waals surface area contributed by atoms with Crippen LogP contribution >= 0.6 is 0 Å². The molecule has 2 aliphatic rings. The van der Waals surface area contributed by atoms with Crippen molar-refractivity contribution in [2.24, 2.45) is 5.73 Å². The van der Waals surface area contributed by atoms with Crippen molar-refractivity contribution in [3.05, 3.63) is 47.8 Å². The number of alkyl halides is 3. The van der Waals surface area contributed by atoms with E-state index in [2.05, 4.69) is 20.7 Å². The maximum atomic E-state index is 14.0. The van der Waals surface area contributed by atoms with E-state index in [-0.39, 0.29) is 34.8 Å². The lowest BCUT2D eigenvalue weighted by Crippen LogP contribution is -2.43. The van der Waals surface area contributed by atoms with Crippen LogP contribution in [-0.2, 0) is 10.9 Å². The first-order valence-electron chi connectivity index (χ1n) is 12.0. The molecule has 2 atom stereocenters. The van der Waals surface area contributed by atoms with Gasteiger partial charge in [0.15, 0.2) is 11.5 Å². The summed E-state index contributed by atoms with van der Waals surface area (Å²) in [4.78, 5) is 19.5. The number of anilines is 3. The number of aromatic nitrogens is 3. The molecule has 2 aromatic heterocycles. The first-order chi connectivity index (χ1) is 17.3. The van der Waals surface area contributed by atoms with Crippen molar-refractivity contribution in [3.63, 3.8) is 0 Å². The van der Waals surface area contributed by atoms with Gasteiger partial charge in [-0.2, -0.15) is 13.2 Å². The highest BCUT2D eigenvalue weighted by atomic mass is 19.4. The van der Waals surface area contributed by atoms with Crippen molar-refractivity contribution in [1.82, 2.24) is 14.6 Å². The molecule has 1 amide bonds. The van der Waals surface area contributed by atoms with Crippen molar-refractivity contribution >= 4 is 28.7 Å². The van der Waals surface area contributed by atoms with Gasteiger partial charge < -0.3 is 26.0 Å². The predicted molar refractivity (Wildman–Crippen MR) is 129 cm³/mol. The van der Waals surface area contributed by atoms with Crippen LogP contribution in [0.5, 0.6) is 0 Å². The van der Waals surface area contributed by atoms with Crippen molar-refractivity contribution < 1.29 is 22.7 Å². The Kier molecular flexibility index (Phi) is 6.71. The van der Waals surface area contributed by atoms with Crippen LogP contribution in [-0.4, -0.2) is 58.9 Å². The molecule has 0 bridgehead atoms. The number of carbonyl (C=O) groups is 1. The summed E-state index contributed by atoms with van der Waals surface area (Å²) in [6.07, 6.45) is 2.13. The van der Waals surface area contributed by atoms with Crippen LogP contribution in [0.2, 0.25) is 0 Å². The fraction of sp³-hybridized carbons (Fsp3) is 0.458. The molecule has 4 N–H and O–H groups in total. The normalized spacial score (nSPS) is 20.9. The number of amides is 1. The predicted octanol–water partition coefficient (Wildman–Crippen LogP) is 3.52. The second-order valence-corrected chi connectivity index (χ2v) is 9.09. The summed E-state index contributed by atoms with van der Waals surface area (Å²) in [7, 11) is 0. The Morgan fingerprint density at radius 2 is 1.94 bits per heavy atom. The third-order valence-corrected chi connectivity index (χ3v) is 6.70. The smallest absolute Gasteiger partial charge is 0.378 e. The zero-order chi connectivity index (χ0) is 25.3. The maximum Gasteiger partial charge on any atom is 0.418 e. The van der Waals surface area contributed by atoms with Crippen LogP contribution in [0.1, 0.15) is 41.6 Å². The molecule has 2 unspecified atom stereocenters. The summed E-state index contributed by atoms with van der Waals surface area (Å²) in [6, 6.07) is 5.37. The lowest BCUT2D eigenvalue weighted by molar-refractivity contribution is -0.136. The zero-order valence-electron chi connectivity index (χ0n) is 19.6. The molecule has 1 aromatic carbocycles. The number of halogens is 3. The highest BCUT2D eigenvalue weighted by molar-refractivity contribution is 6.12. The van der Waals surface area contributed by atoms with E-state index in [1.807, 2.05) is 4.90 Å². The molecular weight excluding hydrogens is 475 g/mol. The number of nitrogens with zero attached hydrogens (tertiary/aromatic N) is 4. The summed E-state index contributed by atoms with van der Waals surface area (Å²) in [6.45, 7) is 1.88. The molecule has 5 rings (SSSR count). The molecule has 3 aromatic rings. The molecule has 0 radical (unpaired) electrons. The molecule has 3 heterocycles. The molecule has 1 saturated carbocycles. The van der Waals surface area contributed by atoms with Gasteiger partial charge in [-0.05, 0) is 37.1 Å². The van der Waals surface area contributed by atoms with Gasteiger partial charge in [-0.1, -0.05) is 12.8 Å². The molecule has 1 aliphatic carbocycles. The van der Waals surface area contributed by atoms with Crippen molar-refractivity contribution in [3.8, 4) is 0 Å². The number of morpholine rings is 1. The third kappa shape index (κ3) is 4.96. The van der Waals surface area contributed by atoms with E-state index < -0.39 is 17.6 Å². The van der Waals surface area contributed by atoms with Gasteiger partial charge >= 0.3 is 6.18 Å². The second-order valence-electron chi connectivity index (χ2n) is 9.09. The molecule has 36 heavy (non-hydrogen) atoms. The number of hydrogen-bond acceptors (Lipinski definition) is 7. The topological polar surface area (TPSA) is 110 Å². The minimum absolute atomic E-state index is 0.0683. The Morgan fingerprint density at radius 3 is 2.69 bits per heavy atom. The van der Waals surface area contributed by atoms with Crippen molar-refractivity contribution in [2.45, 2.75) is 43.9 Å². The Labute approximate surface area is 205 Å². The molecule has 1 saturated heterocycles. The summed E-state index contributed by atoms with van der Waals surface area (Å²) in [5, 5.41) is 10.2. The number of benzene rings is 1. The van der Waals surface area contributed by atoms with Crippen LogP contribution in [0.4, 0.5) is 30.4 Å². The quantitative estimate of drug-likeness (QED) is 0.489. The zero-order valence-corrected chi connectivity index (χ0v) is 19.6. The number of nitrogens with two attached hydrogens (primary N) is 1. The van der Waals surface area contributed by atoms with Gasteiger partial charge in [0.2, 0.25) is 0 Å². The van der Waals surface area contributed by atoms with Gasteiger partial charge in [0, 0.05) is 43.3 Å². The van der Waals surface area contributed by atoms with Gasteiger partial charge in [0.05, 0.1) is 24.5 Å². The molecule has 9 nitrogen and oxygen atoms in total. The number of rotatable bonds is 5. The number of ether oxygens (including phenoxy) is 1. The van der Waals surface area contributed by atoms with E-state index in [4.69, 9.17) is 10.5 Å².